The molecule has 0 aliphatic carbocycles. The van der Waals surface area contributed by atoms with Crippen molar-refractivity contribution in [1.82, 2.24) is 4.98 Å². The molecule has 2 rings (SSSR count). The van der Waals surface area contributed by atoms with Crippen LogP contribution in [0.4, 0.5) is 0 Å². The fourth-order valence-electron chi connectivity index (χ4n) is 1.53. The van der Waals surface area contributed by atoms with Gasteiger partial charge in [0.2, 0.25) is 0 Å². The molecule has 0 amide bonds. The Morgan fingerprint density at radius 2 is 1.88 bits per heavy atom. The molecule has 90 valence electrons. The number of halogens is 2. The van der Waals surface area contributed by atoms with Gasteiger partial charge >= 0.3 is 0 Å². The molecule has 0 aliphatic rings. The smallest absolute Gasteiger partial charge is 0.280 e. The summed E-state index contributed by atoms with van der Waals surface area (Å²) in [5.74, 6) is 1.13. The van der Waals surface area contributed by atoms with Crippen LogP contribution in [-0.2, 0) is 5.88 Å². The van der Waals surface area contributed by atoms with Crippen LogP contribution in [0.1, 0.15) is 16.0 Å². The van der Waals surface area contributed by atoms with E-state index in [9.17, 15) is 0 Å². The zero-order chi connectivity index (χ0) is 12.4. The summed E-state index contributed by atoms with van der Waals surface area (Å²) in [5, 5.41) is 0.944. The lowest BCUT2D eigenvalue weighted by Gasteiger charge is -2.04. The Kier molecular flexibility index (Phi) is 3.92. The van der Waals surface area contributed by atoms with Crippen LogP contribution in [0.15, 0.2) is 18.2 Å². The van der Waals surface area contributed by atoms with E-state index in [1.807, 2.05) is 26.0 Å². The van der Waals surface area contributed by atoms with Crippen molar-refractivity contribution in [3.63, 3.8) is 0 Å². The first-order valence-corrected chi connectivity index (χ1v) is 6.78. The molecule has 0 aliphatic heterocycles. The molecule has 17 heavy (non-hydrogen) atoms. The molecule has 0 radical (unpaired) electrons. The number of hydrogen-bond acceptors (Lipinski definition) is 3. The maximum atomic E-state index is 5.91. The second-order valence-electron chi connectivity index (χ2n) is 3.75. The molecule has 2 nitrogen and oxygen atoms in total. The van der Waals surface area contributed by atoms with E-state index in [2.05, 4.69) is 11.1 Å². The second kappa shape index (κ2) is 5.25. The van der Waals surface area contributed by atoms with Crippen LogP contribution in [-0.4, -0.2) is 4.98 Å². The zero-order valence-electron chi connectivity index (χ0n) is 9.46. The van der Waals surface area contributed by atoms with E-state index in [1.54, 1.807) is 0 Å². The van der Waals surface area contributed by atoms with Crippen molar-refractivity contribution in [2.24, 2.45) is 0 Å². The maximum Gasteiger partial charge on any atom is 0.280 e. The largest absolute Gasteiger partial charge is 0.431 e. The third-order valence-electron chi connectivity index (χ3n) is 2.15. The average molecular weight is 288 g/mol. The number of aromatic nitrogens is 1. The van der Waals surface area contributed by atoms with Gasteiger partial charge in [-0.3, -0.25) is 0 Å². The van der Waals surface area contributed by atoms with Crippen molar-refractivity contribution in [2.45, 2.75) is 19.7 Å². The number of hydrogen-bond donors (Lipinski definition) is 0. The van der Waals surface area contributed by atoms with E-state index in [-0.39, 0.29) is 0 Å². The number of nitrogens with zero attached hydrogens (tertiary/aromatic N) is 1. The van der Waals surface area contributed by atoms with Gasteiger partial charge in [-0.15, -0.1) is 11.6 Å². The number of alkyl halides is 1. The Balaban J connectivity index is 2.24. The Morgan fingerprint density at radius 1 is 1.24 bits per heavy atom. The summed E-state index contributed by atoms with van der Waals surface area (Å²) in [6.07, 6.45) is 0. The molecule has 1 heterocycles. The summed E-state index contributed by atoms with van der Waals surface area (Å²) >= 11 is 13.0. The van der Waals surface area contributed by atoms with Crippen molar-refractivity contribution in [1.29, 1.82) is 0 Å². The molecule has 1 aromatic heterocycles. The SMILES string of the molecule is Cc1cc(C)cc(Oc2nc(Cl)c(CCl)s2)c1. The molecule has 0 saturated carbocycles. The summed E-state index contributed by atoms with van der Waals surface area (Å²) in [7, 11) is 0. The first-order valence-electron chi connectivity index (χ1n) is 5.06. The van der Waals surface area contributed by atoms with Crippen molar-refractivity contribution in [3.05, 3.63) is 39.4 Å². The van der Waals surface area contributed by atoms with Gasteiger partial charge in [0, 0.05) is 0 Å². The van der Waals surface area contributed by atoms with Gasteiger partial charge < -0.3 is 4.74 Å². The molecule has 2 aromatic rings. The molecule has 0 bridgehead atoms. The Bertz CT molecular complexity index is 519. The Hall–Kier alpha value is -0.770. The third kappa shape index (κ3) is 3.12. The zero-order valence-corrected chi connectivity index (χ0v) is 11.8. The highest BCUT2D eigenvalue weighted by Crippen LogP contribution is 2.33. The van der Waals surface area contributed by atoms with Crippen LogP contribution in [0.3, 0.4) is 0 Å². The van der Waals surface area contributed by atoms with Gasteiger partial charge in [0.25, 0.3) is 5.19 Å². The molecule has 0 atom stereocenters. The van der Waals surface area contributed by atoms with E-state index < -0.39 is 0 Å². The van der Waals surface area contributed by atoms with E-state index in [0.717, 1.165) is 21.8 Å². The maximum absolute atomic E-state index is 5.91. The molecule has 5 heteroatoms. The van der Waals surface area contributed by atoms with Crippen molar-refractivity contribution >= 4 is 34.5 Å². The predicted molar refractivity (Wildman–Crippen MR) is 72.7 cm³/mol. The monoisotopic (exact) mass is 287 g/mol. The molecule has 0 saturated heterocycles. The minimum Gasteiger partial charge on any atom is -0.431 e. The average Bonchev–Trinajstić information content (AvgIpc) is 2.57. The number of rotatable bonds is 3. The van der Waals surface area contributed by atoms with Gasteiger partial charge in [0.15, 0.2) is 0 Å². The third-order valence-corrected chi connectivity index (χ3v) is 3.94. The van der Waals surface area contributed by atoms with Crippen LogP contribution < -0.4 is 4.74 Å². The van der Waals surface area contributed by atoms with Gasteiger partial charge in [0.1, 0.15) is 10.9 Å². The van der Waals surface area contributed by atoms with Gasteiger partial charge in [-0.25, -0.2) is 0 Å². The van der Waals surface area contributed by atoms with E-state index in [0.29, 0.717) is 16.2 Å². The number of ether oxygens (including phenoxy) is 1. The normalized spacial score (nSPS) is 10.6. The van der Waals surface area contributed by atoms with Crippen molar-refractivity contribution in [3.8, 4) is 10.9 Å². The fourth-order valence-corrected chi connectivity index (χ4v) is 2.87. The van der Waals surface area contributed by atoms with Crippen LogP contribution >= 0.6 is 34.5 Å². The van der Waals surface area contributed by atoms with Crippen LogP contribution in [0.5, 0.6) is 10.9 Å². The summed E-state index contributed by atoms with van der Waals surface area (Å²) < 4.78 is 5.67. The molecule has 0 spiro atoms. The fraction of sp³-hybridized carbons (Fsp3) is 0.250. The highest BCUT2D eigenvalue weighted by atomic mass is 35.5. The summed E-state index contributed by atoms with van der Waals surface area (Å²) in [6.45, 7) is 4.05. The first-order chi connectivity index (χ1) is 8.08. The molecular weight excluding hydrogens is 277 g/mol. The highest BCUT2D eigenvalue weighted by Gasteiger charge is 2.10. The van der Waals surface area contributed by atoms with E-state index in [4.69, 9.17) is 27.9 Å². The summed E-state index contributed by atoms with van der Waals surface area (Å²) in [5.41, 5.74) is 2.31. The minimum absolute atomic E-state index is 0.354. The quantitative estimate of drug-likeness (QED) is 0.746. The molecule has 0 fully saturated rings. The van der Waals surface area contributed by atoms with Gasteiger partial charge in [-0.05, 0) is 37.1 Å². The standard InChI is InChI=1S/C12H11Cl2NOS/c1-7-3-8(2)5-9(4-7)16-12-15-11(14)10(6-13)17-12/h3-5H,6H2,1-2H3. The number of thiazole rings is 1. The van der Waals surface area contributed by atoms with E-state index >= 15 is 0 Å². The minimum atomic E-state index is 0.354. The summed E-state index contributed by atoms with van der Waals surface area (Å²) in [4.78, 5) is 4.94. The first kappa shape index (κ1) is 12.7. The molecule has 0 N–H and O–H groups in total. The Labute approximate surface area is 114 Å². The molecule has 0 unspecified atom stereocenters. The van der Waals surface area contributed by atoms with Crippen molar-refractivity contribution < 1.29 is 4.74 Å². The topological polar surface area (TPSA) is 22.1 Å². The van der Waals surface area contributed by atoms with E-state index in [1.165, 1.54) is 11.3 Å². The number of aryl methyl sites for hydroxylation is 2. The highest BCUT2D eigenvalue weighted by molar-refractivity contribution is 7.14. The Morgan fingerprint density at radius 3 is 2.41 bits per heavy atom. The molecular formula is C12H11Cl2NOS. The van der Waals surface area contributed by atoms with Gasteiger partial charge in [-0.1, -0.05) is 29.0 Å². The lowest BCUT2D eigenvalue weighted by Crippen LogP contribution is -1.85. The predicted octanol–water partition coefficient (Wildman–Crippen LogP) is 4.94. The molecule has 1 aromatic carbocycles. The lowest BCUT2D eigenvalue weighted by molar-refractivity contribution is 0.478. The van der Waals surface area contributed by atoms with Gasteiger partial charge in [-0.2, -0.15) is 4.98 Å². The van der Waals surface area contributed by atoms with Crippen molar-refractivity contribution in [2.75, 3.05) is 0 Å². The van der Waals surface area contributed by atoms with Crippen LogP contribution in [0.25, 0.3) is 0 Å². The number of benzene rings is 1. The lowest BCUT2D eigenvalue weighted by atomic mass is 10.1. The summed E-state index contributed by atoms with van der Waals surface area (Å²) in [6, 6.07) is 6.01. The second-order valence-corrected chi connectivity index (χ2v) is 5.42. The van der Waals surface area contributed by atoms with Crippen LogP contribution in [0.2, 0.25) is 5.15 Å². The van der Waals surface area contributed by atoms with Gasteiger partial charge in [0.05, 0.1) is 10.8 Å². The van der Waals surface area contributed by atoms with Crippen LogP contribution in [0, 0.1) is 13.8 Å².